The third-order valence-electron chi connectivity index (χ3n) is 4.48. The Balaban J connectivity index is 2.50. The number of aliphatic hydroxyl groups is 2. The number of amides is 1. The van der Waals surface area contributed by atoms with Gasteiger partial charge in [-0.3, -0.25) is 4.79 Å². The number of nitrogens with zero attached hydrogens (tertiary/aromatic N) is 1. The molecular formula is C20H34N2O4. The molecule has 0 fully saturated rings. The van der Waals surface area contributed by atoms with Gasteiger partial charge in [-0.1, -0.05) is 39.5 Å². The number of ether oxygens (including phenoxy) is 1. The summed E-state index contributed by atoms with van der Waals surface area (Å²) in [5.74, 6) is 0.930. The van der Waals surface area contributed by atoms with Gasteiger partial charge in [0, 0.05) is 6.07 Å². The molecule has 0 aliphatic carbocycles. The predicted octanol–water partition coefficient (Wildman–Crippen LogP) is 2.85. The van der Waals surface area contributed by atoms with Gasteiger partial charge in [-0.15, -0.1) is 0 Å². The maximum atomic E-state index is 12.1. The highest BCUT2D eigenvalue weighted by molar-refractivity contribution is 5.95. The molecule has 0 saturated carbocycles. The highest BCUT2D eigenvalue weighted by Gasteiger charge is 2.15. The number of aromatic nitrogens is 1. The third-order valence-corrected chi connectivity index (χ3v) is 4.48. The molecule has 0 saturated heterocycles. The summed E-state index contributed by atoms with van der Waals surface area (Å²) in [5.41, 5.74) is 0.972. The molecule has 0 radical (unpaired) electrons. The molecular weight excluding hydrogens is 332 g/mol. The molecule has 1 rings (SSSR count). The second-order valence-electron chi connectivity index (χ2n) is 6.75. The first-order chi connectivity index (χ1) is 12.5. The van der Waals surface area contributed by atoms with E-state index in [1.807, 2.05) is 0 Å². The zero-order valence-corrected chi connectivity index (χ0v) is 16.3. The van der Waals surface area contributed by atoms with Crippen LogP contribution in [0.25, 0.3) is 0 Å². The number of hydrogen-bond acceptors (Lipinski definition) is 5. The second kappa shape index (κ2) is 12.7. The quantitative estimate of drug-likeness (QED) is 0.467. The van der Waals surface area contributed by atoms with Crippen molar-refractivity contribution in [2.75, 3.05) is 19.8 Å². The highest BCUT2D eigenvalue weighted by atomic mass is 16.5. The monoisotopic (exact) mass is 366 g/mol. The second-order valence-corrected chi connectivity index (χ2v) is 6.75. The van der Waals surface area contributed by atoms with Crippen molar-refractivity contribution in [3.8, 4) is 5.88 Å². The van der Waals surface area contributed by atoms with E-state index in [1.54, 1.807) is 19.1 Å². The van der Waals surface area contributed by atoms with E-state index in [4.69, 9.17) is 14.9 Å². The lowest BCUT2D eigenvalue weighted by molar-refractivity contribution is 0.0878. The molecule has 148 valence electrons. The Labute approximate surface area is 157 Å². The molecule has 1 aromatic heterocycles. The third kappa shape index (κ3) is 7.70. The van der Waals surface area contributed by atoms with E-state index in [0.717, 1.165) is 12.3 Å². The Hall–Kier alpha value is -1.66. The van der Waals surface area contributed by atoms with E-state index in [9.17, 15) is 4.79 Å². The van der Waals surface area contributed by atoms with Crippen molar-refractivity contribution in [3.63, 3.8) is 0 Å². The molecule has 6 heteroatoms. The van der Waals surface area contributed by atoms with Crippen LogP contribution in [-0.2, 0) is 0 Å². The first-order valence-corrected chi connectivity index (χ1v) is 9.68. The molecule has 0 aromatic carbocycles. The topological polar surface area (TPSA) is 91.7 Å². The molecule has 0 bridgehead atoms. The van der Waals surface area contributed by atoms with Gasteiger partial charge in [-0.25, -0.2) is 4.98 Å². The van der Waals surface area contributed by atoms with Crippen LogP contribution in [0.2, 0.25) is 0 Å². The van der Waals surface area contributed by atoms with Crippen LogP contribution in [-0.4, -0.2) is 47.0 Å². The first kappa shape index (κ1) is 22.4. The number of carbonyl (C=O) groups is 1. The number of hydrogen-bond donors (Lipinski definition) is 3. The number of rotatable bonds is 13. The summed E-state index contributed by atoms with van der Waals surface area (Å²) in [6.07, 6.45) is 7.18. The van der Waals surface area contributed by atoms with Gasteiger partial charge in [0.05, 0.1) is 37.1 Å². The van der Waals surface area contributed by atoms with E-state index in [-0.39, 0.29) is 19.1 Å². The van der Waals surface area contributed by atoms with Crippen molar-refractivity contribution < 1.29 is 19.7 Å². The molecule has 0 aliphatic heterocycles. The fraction of sp³-hybridized carbons (Fsp3) is 0.700. The lowest BCUT2D eigenvalue weighted by atomic mass is 9.93. The normalized spacial score (nSPS) is 11.2. The molecule has 3 N–H and O–H groups in total. The standard InChI is InChI=1S/C20H34N2O4/c1-4-7-16(8-5-2)9-6-12-26-19-11-10-18(15(3)21-19)20(25)22-17(13-23)14-24/h10-11,16-17,23-24H,4-9,12-14H2,1-3H3,(H,22,25). The van der Waals surface area contributed by atoms with Gasteiger partial charge in [0.2, 0.25) is 5.88 Å². The average molecular weight is 367 g/mol. The fourth-order valence-corrected chi connectivity index (χ4v) is 3.07. The van der Waals surface area contributed by atoms with E-state index in [2.05, 4.69) is 24.1 Å². The van der Waals surface area contributed by atoms with Crippen LogP contribution in [0.3, 0.4) is 0 Å². The largest absolute Gasteiger partial charge is 0.478 e. The minimum absolute atomic E-state index is 0.313. The Morgan fingerprint density at radius 1 is 1.15 bits per heavy atom. The van der Waals surface area contributed by atoms with E-state index in [0.29, 0.717) is 23.7 Å². The number of aryl methyl sites for hydroxylation is 1. The molecule has 26 heavy (non-hydrogen) atoms. The Kier molecular flexibility index (Phi) is 10.9. The maximum Gasteiger partial charge on any atom is 0.253 e. The molecule has 1 heterocycles. The van der Waals surface area contributed by atoms with Gasteiger partial charge in [0.1, 0.15) is 0 Å². The number of nitrogens with one attached hydrogen (secondary N) is 1. The maximum absolute atomic E-state index is 12.1. The summed E-state index contributed by atoms with van der Waals surface area (Å²) in [6.45, 7) is 6.20. The number of carbonyl (C=O) groups excluding carboxylic acids is 1. The van der Waals surface area contributed by atoms with Crippen LogP contribution in [0.5, 0.6) is 5.88 Å². The zero-order valence-electron chi connectivity index (χ0n) is 16.3. The first-order valence-electron chi connectivity index (χ1n) is 9.68. The van der Waals surface area contributed by atoms with E-state index < -0.39 is 6.04 Å². The van der Waals surface area contributed by atoms with Crippen molar-refractivity contribution in [3.05, 3.63) is 23.4 Å². The predicted molar refractivity (Wildman–Crippen MR) is 102 cm³/mol. The van der Waals surface area contributed by atoms with Crippen molar-refractivity contribution >= 4 is 5.91 Å². The van der Waals surface area contributed by atoms with Crippen LogP contribution in [0.15, 0.2) is 12.1 Å². The summed E-state index contributed by atoms with van der Waals surface area (Å²) >= 11 is 0. The van der Waals surface area contributed by atoms with Gasteiger partial charge in [0.25, 0.3) is 5.91 Å². The lowest BCUT2D eigenvalue weighted by Crippen LogP contribution is -2.40. The number of pyridine rings is 1. The van der Waals surface area contributed by atoms with E-state index in [1.165, 1.54) is 32.1 Å². The van der Waals surface area contributed by atoms with Crippen LogP contribution in [0.4, 0.5) is 0 Å². The summed E-state index contributed by atoms with van der Waals surface area (Å²) in [7, 11) is 0. The average Bonchev–Trinajstić information content (AvgIpc) is 2.63. The van der Waals surface area contributed by atoms with Gasteiger partial charge in [0.15, 0.2) is 0 Å². The van der Waals surface area contributed by atoms with E-state index >= 15 is 0 Å². The molecule has 0 atom stereocenters. The zero-order chi connectivity index (χ0) is 19.4. The van der Waals surface area contributed by atoms with Crippen LogP contribution in [0.1, 0.15) is 68.4 Å². The summed E-state index contributed by atoms with van der Waals surface area (Å²) in [5, 5.41) is 20.7. The highest BCUT2D eigenvalue weighted by Crippen LogP contribution is 2.20. The molecule has 1 amide bonds. The molecule has 1 aromatic rings. The molecule has 6 nitrogen and oxygen atoms in total. The molecule has 0 aliphatic rings. The van der Waals surface area contributed by atoms with Crippen molar-refractivity contribution in [2.24, 2.45) is 5.92 Å². The molecule has 0 spiro atoms. The van der Waals surface area contributed by atoms with Crippen LogP contribution < -0.4 is 10.1 Å². The van der Waals surface area contributed by atoms with Crippen molar-refractivity contribution in [1.82, 2.24) is 10.3 Å². The smallest absolute Gasteiger partial charge is 0.253 e. The SMILES string of the molecule is CCCC(CCC)CCCOc1ccc(C(=O)NC(CO)CO)c(C)n1. The Morgan fingerprint density at radius 2 is 1.81 bits per heavy atom. The van der Waals surface area contributed by atoms with Crippen molar-refractivity contribution in [2.45, 2.75) is 65.3 Å². The van der Waals surface area contributed by atoms with Gasteiger partial charge in [-0.05, 0) is 31.7 Å². The summed E-state index contributed by atoms with van der Waals surface area (Å²) in [6, 6.07) is 2.68. The van der Waals surface area contributed by atoms with Gasteiger partial charge in [-0.2, -0.15) is 0 Å². The minimum atomic E-state index is -0.669. The fourth-order valence-electron chi connectivity index (χ4n) is 3.07. The molecule has 0 unspecified atom stereocenters. The summed E-state index contributed by atoms with van der Waals surface area (Å²) < 4.78 is 5.73. The minimum Gasteiger partial charge on any atom is -0.478 e. The van der Waals surface area contributed by atoms with Gasteiger partial charge < -0.3 is 20.3 Å². The Morgan fingerprint density at radius 3 is 2.35 bits per heavy atom. The lowest BCUT2D eigenvalue weighted by Gasteiger charge is -2.16. The van der Waals surface area contributed by atoms with Gasteiger partial charge >= 0.3 is 0 Å². The Bertz CT molecular complexity index is 527. The van der Waals surface area contributed by atoms with Crippen LogP contribution in [0, 0.1) is 12.8 Å². The number of aliphatic hydroxyl groups excluding tert-OH is 2. The summed E-state index contributed by atoms with van der Waals surface area (Å²) in [4.78, 5) is 16.5. The van der Waals surface area contributed by atoms with Crippen molar-refractivity contribution in [1.29, 1.82) is 0 Å². The van der Waals surface area contributed by atoms with Crippen LogP contribution >= 0.6 is 0 Å².